The van der Waals surface area contributed by atoms with E-state index < -0.39 is 0 Å². The van der Waals surface area contributed by atoms with Crippen LogP contribution in [0.4, 0.5) is 0 Å². The van der Waals surface area contributed by atoms with E-state index in [0.29, 0.717) is 17.5 Å². The van der Waals surface area contributed by atoms with Crippen LogP contribution in [-0.4, -0.2) is 24.9 Å². The van der Waals surface area contributed by atoms with Gasteiger partial charge in [0.2, 0.25) is 0 Å². The molecular formula is C43H29N5. The fourth-order valence-corrected chi connectivity index (χ4v) is 5.77. The molecule has 8 aromatic rings. The zero-order valence-electron chi connectivity index (χ0n) is 26.0. The van der Waals surface area contributed by atoms with Crippen molar-refractivity contribution in [2.24, 2.45) is 0 Å². The Morgan fingerprint density at radius 3 is 0.979 bits per heavy atom. The Morgan fingerprint density at radius 1 is 0.250 bits per heavy atom. The molecule has 0 aliphatic carbocycles. The highest BCUT2D eigenvalue weighted by Gasteiger charge is 2.16. The summed E-state index contributed by atoms with van der Waals surface area (Å²) in [6, 6.07) is 55.6. The number of hydrogen-bond acceptors (Lipinski definition) is 5. The number of aromatic nitrogens is 5. The molecule has 48 heavy (non-hydrogen) atoms. The predicted molar refractivity (Wildman–Crippen MR) is 193 cm³/mol. The van der Waals surface area contributed by atoms with Crippen molar-refractivity contribution in [2.45, 2.75) is 0 Å². The van der Waals surface area contributed by atoms with Crippen molar-refractivity contribution < 1.29 is 0 Å². The van der Waals surface area contributed by atoms with Crippen molar-refractivity contribution in [1.29, 1.82) is 0 Å². The average Bonchev–Trinajstić information content (AvgIpc) is 3.19. The highest BCUT2D eigenvalue weighted by atomic mass is 15.0. The maximum atomic E-state index is 5.07. The zero-order chi connectivity index (χ0) is 32.1. The molecule has 0 aliphatic heterocycles. The number of rotatable bonds is 7. The molecule has 3 aromatic heterocycles. The number of pyridine rings is 2. The third kappa shape index (κ3) is 6.13. The van der Waals surface area contributed by atoms with Crippen LogP contribution >= 0.6 is 0 Å². The lowest BCUT2D eigenvalue weighted by atomic mass is 10.00. The van der Waals surface area contributed by atoms with Gasteiger partial charge in [-0.25, -0.2) is 15.0 Å². The minimum atomic E-state index is 0.573. The predicted octanol–water partition coefficient (Wildman–Crippen LogP) is 10.3. The maximum absolute atomic E-state index is 5.07. The summed E-state index contributed by atoms with van der Waals surface area (Å²) in [5.74, 6) is 1.78. The van der Waals surface area contributed by atoms with Crippen LogP contribution in [0.25, 0.3) is 78.9 Å². The second-order valence-corrected chi connectivity index (χ2v) is 11.4. The summed E-state index contributed by atoms with van der Waals surface area (Å²) in [5.41, 5.74) is 10.9. The Morgan fingerprint density at radius 2 is 0.583 bits per heavy atom. The van der Waals surface area contributed by atoms with E-state index in [4.69, 9.17) is 15.0 Å². The molecule has 0 saturated carbocycles. The Balaban J connectivity index is 1.28. The maximum Gasteiger partial charge on any atom is 0.164 e. The highest BCUT2D eigenvalue weighted by molar-refractivity contribution is 5.79. The SMILES string of the molecule is c1ccc(-c2ccc(-c3nc(-c4ccc(-c5ccccc5)cc4)nc(-c4cc(-c5ccccn5)cc(-c5ccccn5)c4)n3)cc2)cc1. The van der Waals surface area contributed by atoms with E-state index >= 15 is 0 Å². The quantitative estimate of drug-likeness (QED) is 0.178. The summed E-state index contributed by atoms with van der Waals surface area (Å²) in [4.78, 5) is 24.4. The molecule has 0 saturated heterocycles. The number of hydrogen-bond donors (Lipinski definition) is 0. The van der Waals surface area contributed by atoms with Crippen LogP contribution < -0.4 is 0 Å². The normalized spacial score (nSPS) is 10.9. The van der Waals surface area contributed by atoms with Crippen molar-refractivity contribution >= 4 is 0 Å². The molecule has 226 valence electrons. The van der Waals surface area contributed by atoms with E-state index in [-0.39, 0.29) is 0 Å². The first kappa shape index (κ1) is 28.9. The first-order chi connectivity index (χ1) is 23.8. The summed E-state index contributed by atoms with van der Waals surface area (Å²) in [6.45, 7) is 0. The van der Waals surface area contributed by atoms with Crippen LogP contribution in [0.15, 0.2) is 176 Å². The van der Waals surface area contributed by atoms with Gasteiger partial charge in [0.1, 0.15) is 0 Å². The van der Waals surface area contributed by atoms with Crippen LogP contribution in [-0.2, 0) is 0 Å². The van der Waals surface area contributed by atoms with Gasteiger partial charge < -0.3 is 0 Å². The van der Waals surface area contributed by atoms with E-state index in [1.54, 1.807) is 12.4 Å². The lowest BCUT2D eigenvalue weighted by molar-refractivity contribution is 1.07. The van der Waals surface area contributed by atoms with Gasteiger partial charge in [-0.3, -0.25) is 9.97 Å². The van der Waals surface area contributed by atoms with E-state index in [1.165, 1.54) is 0 Å². The van der Waals surface area contributed by atoms with E-state index in [9.17, 15) is 0 Å². The van der Waals surface area contributed by atoms with Gasteiger partial charge in [-0.15, -0.1) is 0 Å². The standard InChI is InChI=1S/C43H29N5/c1-3-11-30(12-4-1)32-17-21-34(22-18-32)41-46-42(35-23-19-33(20-24-35)31-13-5-2-6-14-31)48-43(47-41)38-28-36(39-15-7-9-25-44-39)27-37(29-38)40-16-8-10-26-45-40/h1-29H. The Kier molecular flexibility index (Phi) is 7.83. The topological polar surface area (TPSA) is 64.5 Å². The molecule has 5 nitrogen and oxygen atoms in total. The molecule has 0 N–H and O–H groups in total. The van der Waals surface area contributed by atoms with Gasteiger partial charge in [-0.05, 0) is 64.7 Å². The van der Waals surface area contributed by atoms with Crippen molar-refractivity contribution in [1.82, 2.24) is 24.9 Å². The molecule has 0 spiro atoms. The van der Waals surface area contributed by atoms with Gasteiger partial charge in [0.05, 0.1) is 11.4 Å². The average molecular weight is 616 g/mol. The van der Waals surface area contributed by atoms with Gasteiger partial charge in [0, 0.05) is 40.2 Å². The Bertz CT molecular complexity index is 2130. The highest BCUT2D eigenvalue weighted by Crippen LogP contribution is 2.33. The molecule has 0 bridgehead atoms. The van der Waals surface area contributed by atoms with Crippen molar-refractivity contribution in [2.75, 3.05) is 0 Å². The van der Waals surface area contributed by atoms with Crippen LogP contribution in [0.3, 0.4) is 0 Å². The number of nitrogens with zero attached hydrogens (tertiary/aromatic N) is 5. The summed E-state index contributed by atoms with van der Waals surface area (Å²) >= 11 is 0. The molecule has 0 unspecified atom stereocenters. The molecule has 8 rings (SSSR count). The molecule has 3 heterocycles. The first-order valence-electron chi connectivity index (χ1n) is 15.8. The Labute approximate surface area is 279 Å². The van der Waals surface area contributed by atoms with E-state index in [2.05, 4.69) is 125 Å². The zero-order valence-corrected chi connectivity index (χ0v) is 26.0. The molecule has 5 aromatic carbocycles. The first-order valence-corrected chi connectivity index (χ1v) is 15.8. The smallest absolute Gasteiger partial charge is 0.164 e. The Hall–Kier alpha value is -6.59. The molecular weight excluding hydrogens is 587 g/mol. The van der Waals surface area contributed by atoms with Crippen molar-refractivity contribution in [3.8, 4) is 78.9 Å². The van der Waals surface area contributed by atoms with Gasteiger partial charge in [0.25, 0.3) is 0 Å². The minimum absolute atomic E-state index is 0.573. The number of benzene rings is 5. The molecule has 0 aliphatic rings. The third-order valence-electron chi connectivity index (χ3n) is 8.25. The largest absolute Gasteiger partial charge is 0.256 e. The summed E-state index contributed by atoms with van der Waals surface area (Å²) in [5, 5.41) is 0. The third-order valence-corrected chi connectivity index (χ3v) is 8.25. The van der Waals surface area contributed by atoms with Crippen LogP contribution in [0.2, 0.25) is 0 Å². The van der Waals surface area contributed by atoms with Crippen LogP contribution in [0, 0.1) is 0 Å². The lowest BCUT2D eigenvalue weighted by Crippen LogP contribution is -2.01. The summed E-state index contributed by atoms with van der Waals surface area (Å²) in [6.07, 6.45) is 3.61. The second-order valence-electron chi connectivity index (χ2n) is 11.4. The van der Waals surface area contributed by atoms with Gasteiger partial charge in [0.15, 0.2) is 17.5 Å². The van der Waals surface area contributed by atoms with Gasteiger partial charge >= 0.3 is 0 Å². The van der Waals surface area contributed by atoms with E-state index in [1.807, 2.05) is 48.5 Å². The van der Waals surface area contributed by atoms with E-state index in [0.717, 1.165) is 61.5 Å². The molecule has 0 amide bonds. The van der Waals surface area contributed by atoms with Crippen LogP contribution in [0.1, 0.15) is 0 Å². The molecule has 0 fully saturated rings. The van der Waals surface area contributed by atoms with Crippen molar-refractivity contribution in [3.63, 3.8) is 0 Å². The fourth-order valence-electron chi connectivity index (χ4n) is 5.77. The van der Waals surface area contributed by atoms with Gasteiger partial charge in [-0.2, -0.15) is 0 Å². The lowest BCUT2D eigenvalue weighted by Gasteiger charge is -2.12. The molecule has 0 radical (unpaired) electrons. The summed E-state index contributed by atoms with van der Waals surface area (Å²) < 4.78 is 0. The van der Waals surface area contributed by atoms with Crippen molar-refractivity contribution in [3.05, 3.63) is 176 Å². The summed E-state index contributed by atoms with van der Waals surface area (Å²) in [7, 11) is 0. The van der Waals surface area contributed by atoms with Crippen LogP contribution in [0.5, 0.6) is 0 Å². The second kappa shape index (κ2) is 13.0. The minimum Gasteiger partial charge on any atom is -0.256 e. The van der Waals surface area contributed by atoms with Gasteiger partial charge in [-0.1, -0.05) is 121 Å². The molecule has 5 heteroatoms. The molecule has 0 atom stereocenters. The fraction of sp³-hybridized carbons (Fsp3) is 0. The monoisotopic (exact) mass is 615 g/mol.